The van der Waals surface area contributed by atoms with Crippen LogP contribution in [0, 0.1) is 0 Å². The number of ether oxygens (including phenoxy) is 1. The molecule has 0 aliphatic heterocycles. The number of rotatable bonds is 5. The molecule has 0 spiro atoms. The number of carbonyl (C=O) groups is 2. The monoisotopic (exact) mass is 425 g/mol. The Balaban J connectivity index is -0.000000214. The van der Waals surface area contributed by atoms with Gasteiger partial charge in [-0.2, -0.15) is 0 Å². The fourth-order valence-electron chi connectivity index (χ4n) is 0.376. The maximum absolute atomic E-state index is 10.3. The molecule has 0 amide bonds. The molecule has 1 N–H and O–H groups in total. The summed E-state index contributed by atoms with van der Waals surface area (Å²) in [7, 11) is 0. The van der Waals surface area contributed by atoms with Gasteiger partial charge in [0.2, 0.25) is 0 Å². The molecule has 0 radical (unpaired) electrons. The van der Waals surface area contributed by atoms with E-state index >= 15 is 0 Å². The molecule has 0 aromatic heterocycles. The molecule has 5 heteroatoms. The van der Waals surface area contributed by atoms with Gasteiger partial charge in [-0.1, -0.05) is 26.5 Å². The number of carboxylic acids is 1. The third kappa shape index (κ3) is 19.0. The van der Waals surface area contributed by atoms with Crippen molar-refractivity contribution in [2.24, 2.45) is 0 Å². The molecule has 4 nitrogen and oxygen atoms in total. The van der Waals surface area contributed by atoms with Crippen molar-refractivity contribution in [1.82, 2.24) is 0 Å². The number of esters is 1. The molecule has 0 unspecified atom stereocenters. The molecule has 0 atom stereocenters. The number of hydrogen-bond acceptors (Lipinski definition) is 3. The summed E-state index contributed by atoms with van der Waals surface area (Å²) in [5.74, 6) is -1.27. The van der Waals surface area contributed by atoms with E-state index in [9.17, 15) is 9.59 Å². The Morgan fingerprint density at radius 2 is 1.88 bits per heavy atom. The fraction of sp³-hybridized carbons (Fsp3) is 0.455. The average molecular weight is 425 g/mol. The van der Waals surface area contributed by atoms with Crippen LogP contribution in [0.3, 0.4) is 0 Å². The van der Waals surface area contributed by atoms with E-state index < -0.39 is 5.97 Å². The van der Waals surface area contributed by atoms with Gasteiger partial charge in [-0.15, -0.1) is 0 Å². The van der Waals surface area contributed by atoms with Gasteiger partial charge in [-0.3, -0.25) is 0 Å². The minimum atomic E-state index is -0.935. The van der Waals surface area contributed by atoms with E-state index in [0.29, 0.717) is 6.61 Å². The second-order valence-electron chi connectivity index (χ2n) is 2.81. The first-order chi connectivity index (χ1) is 6.95. The minimum absolute atomic E-state index is 0. The molecular weight excluding hydrogens is 405 g/mol. The second-order valence-corrected chi connectivity index (χ2v) is 2.81. The van der Waals surface area contributed by atoms with Crippen LogP contribution in [0.4, 0.5) is 0 Å². The van der Waals surface area contributed by atoms with Gasteiger partial charge < -0.3 is 9.84 Å². The molecule has 0 saturated heterocycles. The Morgan fingerprint density at radius 1 is 1.44 bits per heavy atom. The van der Waals surface area contributed by atoms with Crippen molar-refractivity contribution in [3.05, 3.63) is 24.8 Å². The average Bonchev–Trinajstić information content (AvgIpc) is 2.18. The third-order valence-corrected chi connectivity index (χ3v) is 1.27. The van der Waals surface area contributed by atoms with Gasteiger partial charge in [-0.05, 0) is 13.3 Å². The van der Waals surface area contributed by atoms with Crippen molar-refractivity contribution < 1.29 is 19.4 Å². The molecule has 0 aliphatic carbocycles. The first-order valence-corrected chi connectivity index (χ1v) is 4.63. The molecule has 0 bridgehead atoms. The predicted octanol–water partition coefficient (Wildman–Crippen LogP) is 1.25. The second kappa shape index (κ2) is 14.3. The van der Waals surface area contributed by atoms with Crippen molar-refractivity contribution in [1.29, 1.82) is 0 Å². The molecule has 0 heterocycles. The van der Waals surface area contributed by atoms with Crippen LogP contribution in [0.2, 0.25) is 0 Å². The molecule has 94 valence electrons. The van der Waals surface area contributed by atoms with Crippen LogP contribution in [0.1, 0.15) is 26.7 Å². The van der Waals surface area contributed by atoms with Crippen molar-refractivity contribution in [3.63, 3.8) is 0 Å². The first-order valence-electron chi connectivity index (χ1n) is 4.63. The van der Waals surface area contributed by atoms with Crippen LogP contribution in [0.5, 0.6) is 0 Å². The van der Waals surface area contributed by atoms with Gasteiger partial charge in [-0.25, -0.2) is 9.59 Å². The zero-order valence-corrected chi connectivity index (χ0v) is 13.7. The zero-order chi connectivity index (χ0) is 12.3. The maximum atomic E-state index is 10.3. The van der Waals surface area contributed by atoms with E-state index in [0.717, 1.165) is 12.8 Å². The predicted molar refractivity (Wildman–Crippen MR) is 67.1 cm³/mol. The van der Waals surface area contributed by atoms with E-state index in [1.54, 1.807) is 0 Å². The van der Waals surface area contributed by atoms with Crippen LogP contribution in [-0.2, 0) is 14.3 Å². The van der Waals surface area contributed by atoms with E-state index in [2.05, 4.69) is 17.9 Å². The Bertz CT molecular complexity index is 224. The van der Waals surface area contributed by atoms with Crippen LogP contribution < -0.4 is 0 Å². The van der Waals surface area contributed by atoms with Gasteiger partial charge in [0.1, 0.15) is 0 Å². The molecule has 0 aliphatic rings. The molecule has 0 aromatic carbocycles. The molecule has 0 saturated carbocycles. The number of aliphatic carboxylic acids is 1. The van der Waals surface area contributed by atoms with Crippen molar-refractivity contribution in [2.75, 3.05) is 6.61 Å². The molecule has 0 aromatic rings. The van der Waals surface area contributed by atoms with Crippen LogP contribution >= 0.6 is 0 Å². The van der Waals surface area contributed by atoms with Crippen LogP contribution in [0.15, 0.2) is 24.8 Å². The summed E-state index contributed by atoms with van der Waals surface area (Å²) >= 11 is 0. The Morgan fingerprint density at radius 3 is 2.12 bits per heavy atom. The standard InChI is InChI=1S/C7H12O2.C4H6O2.Po.2H/c1-3-5-6-9-7(8)4-2;1-3(2)4(5)6;;;/h4H,2-3,5-6H2,1H3;1H2,2H3,(H,5,6);;;. The topological polar surface area (TPSA) is 63.6 Å². The number of hydrogen-bond donors (Lipinski definition) is 1. The summed E-state index contributed by atoms with van der Waals surface area (Å²) in [6, 6.07) is 0. The van der Waals surface area contributed by atoms with Gasteiger partial charge in [0.25, 0.3) is 0 Å². The number of carboxylic acid groups (broad SMARTS) is 1. The third-order valence-electron chi connectivity index (χ3n) is 1.27. The van der Waals surface area contributed by atoms with Gasteiger partial charge in [0.05, 0.1) is 6.61 Å². The van der Waals surface area contributed by atoms with Crippen LogP contribution in [0.25, 0.3) is 0 Å². The summed E-state index contributed by atoms with van der Waals surface area (Å²) in [4.78, 5) is 19.9. The zero-order valence-electron chi connectivity index (χ0n) is 9.78. The summed E-state index contributed by atoms with van der Waals surface area (Å²) in [5, 5.41) is 7.89. The number of unbranched alkanes of at least 4 members (excludes halogenated alkanes) is 1. The first kappa shape index (κ1) is 20.7. The Kier molecular flexibility index (Phi) is 18.5. The molecule has 0 fully saturated rings. The van der Waals surface area contributed by atoms with Crippen LogP contribution in [-0.4, -0.2) is 50.2 Å². The van der Waals surface area contributed by atoms with Crippen molar-refractivity contribution in [2.45, 2.75) is 26.7 Å². The quantitative estimate of drug-likeness (QED) is 0.409. The Hall–Kier alpha value is -0.684. The van der Waals surface area contributed by atoms with E-state index in [4.69, 9.17) is 5.11 Å². The summed E-state index contributed by atoms with van der Waals surface area (Å²) < 4.78 is 4.67. The fourth-order valence-corrected chi connectivity index (χ4v) is 0.376. The number of carbonyl (C=O) groups excluding carboxylic acids is 1. The van der Waals surface area contributed by atoms with E-state index in [-0.39, 0.29) is 38.1 Å². The van der Waals surface area contributed by atoms with E-state index in [1.165, 1.54) is 13.0 Å². The van der Waals surface area contributed by atoms with Crippen molar-refractivity contribution >= 4 is 38.5 Å². The van der Waals surface area contributed by atoms with E-state index in [1.807, 2.05) is 6.92 Å². The molecule has 16 heavy (non-hydrogen) atoms. The van der Waals surface area contributed by atoms with Gasteiger partial charge in [0, 0.05) is 11.6 Å². The summed E-state index contributed by atoms with van der Waals surface area (Å²) in [6.07, 6.45) is 3.15. The van der Waals surface area contributed by atoms with Gasteiger partial charge >= 0.3 is 38.5 Å². The normalized spacial score (nSPS) is 7.62. The summed E-state index contributed by atoms with van der Waals surface area (Å²) in [5.41, 5.74) is 0.176. The molecule has 0 rings (SSSR count). The SMILES string of the molecule is C=C(C)C(=O)O.C=CC(=O)OCCCC.[PoH2]. The Labute approximate surface area is 116 Å². The summed E-state index contributed by atoms with van der Waals surface area (Å²) in [6.45, 7) is 10.4. The van der Waals surface area contributed by atoms with Crippen molar-refractivity contribution in [3.8, 4) is 0 Å². The molecular formula is C11H20O4Po. The van der Waals surface area contributed by atoms with Gasteiger partial charge in [0.15, 0.2) is 0 Å².